The molecule has 13 aromatic rings. The fraction of sp³-hybridized carbons (Fsp3) is 0. The van der Waals surface area contributed by atoms with E-state index in [2.05, 4.69) is 218 Å². The highest BCUT2D eigenvalue weighted by molar-refractivity contribution is 6.45. The number of hydrogen-bond donors (Lipinski definition) is 0. The maximum absolute atomic E-state index is 2.55. The Balaban J connectivity index is 1.28. The van der Waals surface area contributed by atoms with Crippen molar-refractivity contribution < 1.29 is 0 Å². The molecule has 0 atom stereocenters. The minimum Gasteiger partial charge on any atom is -0.0622 e. The first-order valence-corrected chi connectivity index (χ1v) is 20.9. The van der Waals surface area contributed by atoms with E-state index < -0.39 is 0 Å². The van der Waals surface area contributed by atoms with Crippen LogP contribution in [-0.2, 0) is 0 Å². The van der Waals surface area contributed by atoms with Gasteiger partial charge in [-0.2, -0.15) is 0 Å². The molecule has 0 heteroatoms. The summed E-state index contributed by atoms with van der Waals surface area (Å²) in [6.07, 6.45) is 0. The highest BCUT2D eigenvalue weighted by atomic mass is 14.3. The molecule has 0 nitrogen and oxygen atoms in total. The van der Waals surface area contributed by atoms with Gasteiger partial charge in [-0.3, -0.25) is 0 Å². The molecule has 0 bridgehead atoms. The van der Waals surface area contributed by atoms with Gasteiger partial charge in [-0.25, -0.2) is 0 Å². The van der Waals surface area contributed by atoms with E-state index in [1.165, 1.54) is 131 Å². The minimum absolute atomic E-state index is 1.22. The second-order valence-corrected chi connectivity index (χ2v) is 16.2. The Labute approximate surface area is 347 Å². The first-order chi connectivity index (χ1) is 29.8. The smallest absolute Gasteiger partial charge is 0.000719 e. The maximum atomic E-state index is 2.55. The van der Waals surface area contributed by atoms with Crippen LogP contribution in [0.15, 0.2) is 218 Å². The molecular weight excluding hydrogens is 721 g/mol. The van der Waals surface area contributed by atoms with Crippen molar-refractivity contribution in [1.82, 2.24) is 0 Å². The molecule has 0 aliphatic carbocycles. The van der Waals surface area contributed by atoms with Gasteiger partial charge in [0.15, 0.2) is 0 Å². The second-order valence-electron chi connectivity index (χ2n) is 16.2. The van der Waals surface area contributed by atoms with E-state index in [0.717, 1.165) is 0 Å². The number of rotatable bonds is 5. The SMILES string of the molecule is c1ccc(-c2cc3c(cc2-c2ccccc2)c2cc4c(-c5ccccc5)c5c6cccc7c(-c8ccccc8)ccc(c5c(-c5ccccc5)c4c4cccc3c24)c76)cc1. The summed E-state index contributed by atoms with van der Waals surface area (Å²) in [4.78, 5) is 0. The van der Waals surface area contributed by atoms with Gasteiger partial charge >= 0.3 is 0 Å². The molecule has 0 unspecified atom stereocenters. The van der Waals surface area contributed by atoms with Crippen LogP contribution in [0.2, 0.25) is 0 Å². The van der Waals surface area contributed by atoms with Gasteiger partial charge in [-0.1, -0.05) is 200 Å². The Kier molecular flexibility index (Phi) is 7.11. The van der Waals surface area contributed by atoms with Crippen molar-refractivity contribution in [3.63, 3.8) is 0 Å². The van der Waals surface area contributed by atoms with Gasteiger partial charge in [0.25, 0.3) is 0 Å². The second kappa shape index (κ2) is 12.9. The van der Waals surface area contributed by atoms with Gasteiger partial charge in [0.05, 0.1) is 0 Å². The van der Waals surface area contributed by atoms with Crippen molar-refractivity contribution in [3.8, 4) is 55.6 Å². The Morgan fingerprint density at radius 2 is 0.567 bits per heavy atom. The third-order valence-electron chi connectivity index (χ3n) is 13.1. The van der Waals surface area contributed by atoms with E-state index in [-0.39, 0.29) is 0 Å². The van der Waals surface area contributed by atoms with Crippen molar-refractivity contribution in [2.45, 2.75) is 0 Å². The quantitative estimate of drug-likeness (QED) is 0.153. The van der Waals surface area contributed by atoms with Crippen LogP contribution in [-0.4, -0.2) is 0 Å². The average Bonchev–Trinajstić information content (AvgIpc) is 3.82. The number of hydrogen-bond acceptors (Lipinski definition) is 0. The van der Waals surface area contributed by atoms with Crippen LogP contribution < -0.4 is 0 Å². The largest absolute Gasteiger partial charge is 0.0622 e. The molecule has 0 saturated carbocycles. The Morgan fingerprint density at radius 3 is 1.13 bits per heavy atom. The van der Waals surface area contributed by atoms with Crippen LogP contribution >= 0.6 is 0 Å². The first kappa shape index (κ1) is 33.2. The predicted octanol–water partition coefficient (Wildman–Crippen LogP) is 17.0. The minimum atomic E-state index is 1.22. The third kappa shape index (κ3) is 4.68. The van der Waals surface area contributed by atoms with E-state index in [4.69, 9.17) is 0 Å². The molecule has 0 heterocycles. The van der Waals surface area contributed by atoms with Crippen molar-refractivity contribution in [1.29, 1.82) is 0 Å². The van der Waals surface area contributed by atoms with Crippen LogP contribution in [0.3, 0.4) is 0 Å². The van der Waals surface area contributed by atoms with Crippen molar-refractivity contribution in [2.24, 2.45) is 0 Å². The molecule has 0 spiro atoms. The van der Waals surface area contributed by atoms with Gasteiger partial charge in [0.2, 0.25) is 0 Å². The summed E-state index contributed by atoms with van der Waals surface area (Å²) >= 11 is 0. The molecule has 276 valence electrons. The summed E-state index contributed by atoms with van der Waals surface area (Å²) in [7, 11) is 0. The molecule has 13 aromatic carbocycles. The van der Waals surface area contributed by atoms with Gasteiger partial charge in [0, 0.05) is 0 Å². The number of fused-ring (bicyclic) bond motifs is 8. The zero-order chi connectivity index (χ0) is 39.3. The molecule has 60 heavy (non-hydrogen) atoms. The van der Waals surface area contributed by atoms with E-state index in [0.29, 0.717) is 0 Å². The summed E-state index contributed by atoms with van der Waals surface area (Å²) in [6, 6.07) is 81.2. The van der Waals surface area contributed by atoms with Crippen molar-refractivity contribution in [3.05, 3.63) is 218 Å². The summed E-state index contributed by atoms with van der Waals surface area (Å²) in [5, 5.41) is 18.3. The summed E-state index contributed by atoms with van der Waals surface area (Å²) in [5.74, 6) is 0. The van der Waals surface area contributed by atoms with Crippen LogP contribution in [0, 0.1) is 0 Å². The van der Waals surface area contributed by atoms with Crippen LogP contribution in [0.25, 0.3) is 131 Å². The van der Waals surface area contributed by atoms with E-state index in [9.17, 15) is 0 Å². The lowest BCUT2D eigenvalue weighted by atomic mass is 9.84. The van der Waals surface area contributed by atoms with Gasteiger partial charge in [-0.15, -0.1) is 0 Å². The van der Waals surface area contributed by atoms with Crippen LogP contribution in [0.1, 0.15) is 0 Å². The lowest BCUT2D eigenvalue weighted by Gasteiger charge is -2.19. The first-order valence-electron chi connectivity index (χ1n) is 20.9. The molecule has 0 radical (unpaired) electrons. The van der Waals surface area contributed by atoms with E-state index in [1.807, 2.05) is 0 Å². The zero-order valence-electron chi connectivity index (χ0n) is 32.8. The topological polar surface area (TPSA) is 0 Å². The Bertz CT molecular complexity index is 3760. The molecule has 0 N–H and O–H groups in total. The highest BCUT2D eigenvalue weighted by Crippen LogP contribution is 2.55. The summed E-state index contributed by atoms with van der Waals surface area (Å²) < 4.78 is 0. The summed E-state index contributed by atoms with van der Waals surface area (Å²) in [5.41, 5.74) is 12.5. The van der Waals surface area contributed by atoms with E-state index >= 15 is 0 Å². The Hall–Kier alpha value is -7.80. The zero-order valence-corrected chi connectivity index (χ0v) is 32.8. The molecule has 13 rings (SSSR count). The van der Waals surface area contributed by atoms with Gasteiger partial charge < -0.3 is 0 Å². The van der Waals surface area contributed by atoms with Gasteiger partial charge in [-0.05, 0) is 149 Å². The molecule has 0 aliphatic rings. The highest BCUT2D eigenvalue weighted by Gasteiger charge is 2.27. The van der Waals surface area contributed by atoms with Crippen LogP contribution in [0.4, 0.5) is 0 Å². The fourth-order valence-corrected chi connectivity index (χ4v) is 10.7. The molecule has 0 aliphatic heterocycles. The molecule has 0 fully saturated rings. The summed E-state index contributed by atoms with van der Waals surface area (Å²) in [6.45, 7) is 0. The molecule has 0 saturated heterocycles. The average molecular weight is 757 g/mol. The van der Waals surface area contributed by atoms with Crippen LogP contribution in [0.5, 0.6) is 0 Å². The van der Waals surface area contributed by atoms with E-state index in [1.54, 1.807) is 0 Å². The third-order valence-corrected chi connectivity index (χ3v) is 13.1. The standard InChI is InChI=1S/C60H36/c1-6-18-37(19-7-1)42-32-33-47-56-43(42)28-16-31-46(56)59-54(40-24-12-4-13-25-40)53-36-52-51-35-49(39-22-10-3-11-23-39)48(38-20-8-2-9-21-38)34-50(51)44-29-17-30-45(57(44)52)58(53)55(60(47)59)41-26-14-5-15-27-41/h1-36H. The monoisotopic (exact) mass is 756 g/mol. The maximum Gasteiger partial charge on any atom is -0.000719 e. The van der Waals surface area contributed by atoms with Crippen molar-refractivity contribution >= 4 is 75.4 Å². The molecule has 0 amide bonds. The Morgan fingerprint density at radius 1 is 0.167 bits per heavy atom. The normalized spacial score (nSPS) is 12.0. The fourth-order valence-electron chi connectivity index (χ4n) is 10.7. The number of benzene rings is 11. The lowest BCUT2D eigenvalue weighted by molar-refractivity contribution is 1.61. The predicted molar refractivity (Wildman–Crippen MR) is 259 cm³/mol. The molecular formula is C60H36. The van der Waals surface area contributed by atoms with Crippen molar-refractivity contribution in [2.75, 3.05) is 0 Å². The van der Waals surface area contributed by atoms with Gasteiger partial charge in [0.1, 0.15) is 0 Å². The molecule has 0 aromatic heterocycles. The lowest BCUT2D eigenvalue weighted by Crippen LogP contribution is -1.91.